The van der Waals surface area contributed by atoms with Crippen molar-refractivity contribution in [2.24, 2.45) is 5.73 Å². The Morgan fingerprint density at radius 1 is 1.15 bits per heavy atom. The molecule has 5 nitrogen and oxygen atoms in total. The van der Waals surface area contributed by atoms with Crippen LogP contribution in [0.3, 0.4) is 0 Å². The van der Waals surface area contributed by atoms with Crippen molar-refractivity contribution in [3.8, 4) is 5.75 Å². The number of nitrogens with two attached hydrogens (primary N) is 1. The lowest BCUT2D eigenvalue weighted by Gasteiger charge is -2.32. The smallest absolute Gasteiger partial charge is 0.211 e. The van der Waals surface area contributed by atoms with E-state index in [0.29, 0.717) is 13.0 Å². The molecule has 1 aliphatic rings. The van der Waals surface area contributed by atoms with E-state index >= 15 is 0 Å². The Balaban J connectivity index is 1.81. The zero-order valence-corrected chi connectivity index (χ0v) is 15.8. The SMILES string of the molecule is CCCS(=O)(=O)NCc1ccc2c(c1)[C@H](Cc1ccccc1)[C@@H](N)CO2. The predicted octanol–water partition coefficient (Wildman–Crippen LogP) is 2.56. The molecule has 2 aromatic rings. The average Bonchev–Trinajstić information content (AvgIpc) is 2.63. The first-order chi connectivity index (χ1) is 12.5. The Morgan fingerprint density at radius 2 is 1.92 bits per heavy atom. The highest BCUT2D eigenvalue weighted by Crippen LogP contribution is 2.36. The van der Waals surface area contributed by atoms with Crippen molar-refractivity contribution in [3.05, 3.63) is 65.2 Å². The minimum atomic E-state index is -3.23. The fraction of sp³-hybridized carbons (Fsp3) is 0.400. The largest absolute Gasteiger partial charge is 0.492 e. The van der Waals surface area contributed by atoms with Gasteiger partial charge in [0.2, 0.25) is 10.0 Å². The zero-order valence-electron chi connectivity index (χ0n) is 15.0. The van der Waals surface area contributed by atoms with Gasteiger partial charge in [-0.1, -0.05) is 49.4 Å². The standard InChI is InChI=1S/C20H26N2O3S/c1-2-10-26(23,24)22-13-16-8-9-20-18(12-16)17(19(21)14-25-20)11-15-6-4-3-5-7-15/h3-9,12,17,19,22H,2,10-11,13-14,21H2,1H3/t17-,19-/m0/s1. The molecule has 0 amide bonds. The Bertz CT molecular complexity index is 837. The molecule has 0 fully saturated rings. The second-order valence-corrected chi connectivity index (χ2v) is 8.71. The minimum absolute atomic E-state index is 0.0882. The fourth-order valence-corrected chi connectivity index (χ4v) is 4.39. The third-order valence-corrected chi connectivity index (χ3v) is 6.22. The van der Waals surface area contributed by atoms with Crippen LogP contribution < -0.4 is 15.2 Å². The fourth-order valence-electron chi connectivity index (χ4n) is 3.33. The van der Waals surface area contributed by atoms with Crippen LogP contribution in [0.2, 0.25) is 0 Å². The maximum Gasteiger partial charge on any atom is 0.211 e. The number of hydrogen-bond donors (Lipinski definition) is 2. The molecule has 2 atom stereocenters. The van der Waals surface area contributed by atoms with Crippen LogP contribution >= 0.6 is 0 Å². The molecule has 26 heavy (non-hydrogen) atoms. The van der Waals surface area contributed by atoms with E-state index in [4.69, 9.17) is 10.5 Å². The van der Waals surface area contributed by atoms with Gasteiger partial charge in [-0.15, -0.1) is 0 Å². The quantitative estimate of drug-likeness (QED) is 0.780. The first-order valence-electron chi connectivity index (χ1n) is 9.01. The van der Waals surface area contributed by atoms with E-state index in [-0.39, 0.29) is 24.3 Å². The molecule has 0 saturated carbocycles. The van der Waals surface area contributed by atoms with Crippen LogP contribution in [0.15, 0.2) is 48.5 Å². The van der Waals surface area contributed by atoms with Crippen molar-refractivity contribution in [2.75, 3.05) is 12.4 Å². The number of ether oxygens (including phenoxy) is 1. The summed E-state index contributed by atoms with van der Waals surface area (Å²) < 4.78 is 32.2. The summed E-state index contributed by atoms with van der Waals surface area (Å²) in [6.45, 7) is 2.63. The normalized spacial score (nSPS) is 19.6. The third-order valence-electron chi connectivity index (χ3n) is 4.69. The van der Waals surface area contributed by atoms with E-state index in [1.165, 1.54) is 5.56 Å². The van der Waals surface area contributed by atoms with Gasteiger partial charge in [0.05, 0.1) is 5.75 Å². The Morgan fingerprint density at radius 3 is 2.65 bits per heavy atom. The monoisotopic (exact) mass is 374 g/mol. The molecule has 3 N–H and O–H groups in total. The van der Waals surface area contributed by atoms with Crippen molar-refractivity contribution in [1.29, 1.82) is 0 Å². The molecular formula is C20H26N2O3S. The topological polar surface area (TPSA) is 81.4 Å². The van der Waals surface area contributed by atoms with E-state index in [1.54, 1.807) is 0 Å². The molecule has 0 bridgehead atoms. The Labute approximate surface area is 155 Å². The second kappa shape index (κ2) is 8.20. The number of hydrogen-bond acceptors (Lipinski definition) is 4. The molecule has 0 aromatic heterocycles. The highest BCUT2D eigenvalue weighted by atomic mass is 32.2. The summed E-state index contributed by atoms with van der Waals surface area (Å²) in [5, 5.41) is 0. The van der Waals surface area contributed by atoms with E-state index in [1.807, 2.05) is 43.3 Å². The lowest BCUT2D eigenvalue weighted by atomic mass is 9.84. The van der Waals surface area contributed by atoms with Gasteiger partial charge in [0, 0.05) is 18.5 Å². The van der Waals surface area contributed by atoms with Crippen LogP contribution in [0.5, 0.6) is 5.75 Å². The van der Waals surface area contributed by atoms with Gasteiger partial charge < -0.3 is 10.5 Å². The van der Waals surface area contributed by atoms with Gasteiger partial charge in [-0.3, -0.25) is 0 Å². The summed E-state index contributed by atoms with van der Waals surface area (Å²) in [7, 11) is -3.23. The summed E-state index contributed by atoms with van der Waals surface area (Å²) in [6.07, 6.45) is 1.44. The third kappa shape index (κ3) is 4.63. The number of rotatable bonds is 7. The molecule has 3 rings (SSSR count). The molecule has 140 valence electrons. The molecule has 0 aliphatic carbocycles. The minimum Gasteiger partial charge on any atom is -0.492 e. The first-order valence-corrected chi connectivity index (χ1v) is 10.7. The number of benzene rings is 2. The van der Waals surface area contributed by atoms with Crippen molar-refractivity contribution in [1.82, 2.24) is 4.72 Å². The molecule has 2 aromatic carbocycles. The molecule has 0 radical (unpaired) electrons. The first kappa shape index (κ1) is 18.9. The molecule has 0 saturated heterocycles. The van der Waals surface area contributed by atoms with Gasteiger partial charge in [-0.05, 0) is 35.6 Å². The lowest BCUT2D eigenvalue weighted by Crippen LogP contribution is -2.39. The predicted molar refractivity (Wildman–Crippen MR) is 104 cm³/mol. The Kier molecular flexibility index (Phi) is 5.96. The maximum atomic E-state index is 11.9. The van der Waals surface area contributed by atoms with Gasteiger partial charge in [0.25, 0.3) is 0 Å². The molecular weight excluding hydrogens is 348 g/mol. The molecule has 1 aliphatic heterocycles. The van der Waals surface area contributed by atoms with Crippen LogP contribution in [-0.2, 0) is 23.0 Å². The van der Waals surface area contributed by atoms with Crippen LogP contribution in [0.25, 0.3) is 0 Å². The van der Waals surface area contributed by atoms with Crippen molar-refractivity contribution < 1.29 is 13.2 Å². The summed E-state index contributed by atoms with van der Waals surface area (Å²) in [5.74, 6) is 1.13. The van der Waals surface area contributed by atoms with Crippen LogP contribution in [0.4, 0.5) is 0 Å². The van der Waals surface area contributed by atoms with Crippen LogP contribution in [0, 0.1) is 0 Å². The van der Waals surface area contributed by atoms with Gasteiger partial charge in [0.15, 0.2) is 0 Å². The number of sulfonamides is 1. The Hall–Kier alpha value is -1.89. The maximum absolute atomic E-state index is 11.9. The lowest BCUT2D eigenvalue weighted by molar-refractivity contribution is 0.238. The average molecular weight is 375 g/mol. The van der Waals surface area contributed by atoms with Crippen LogP contribution in [-0.4, -0.2) is 26.8 Å². The van der Waals surface area contributed by atoms with Gasteiger partial charge in [0.1, 0.15) is 12.4 Å². The van der Waals surface area contributed by atoms with E-state index in [0.717, 1.165) is 23.3 Å². The number of fused-ring (bicyclic) bond motifs is 1. The molecule has 0 unspecified atom stereocenters. The van der Waals surface area contributed by atoms with E-state index in [2.05, 4.69) is 16.9 Å². The molecule has 1 heterocycles. The van der Waals surface area contributed by atoms with E-state index in [9.17, 15) is 8.42 Å². The zero-order chi connectivity index (χ0) is 18.6. The van der Waals surface area contributed by atoms with Gasteiger partial charge >= 0.3 is 0 Å². The summed E-state index contributed by atoms with van der Waals surface area (Å²) >= 11 is 0. The van der Waals surface area contributed by atoms with Crippen molar-refractivity contribution in [2.45, 2.75) is 38.3 Å². The van der Waals surface area contributed by atoms with Crippen LogP contribution in [0.1, 0.15) is 36.0 Å². The summed E-state index contributed by atoms with van der Waals surface area (Å²) in [4.78, 5) is 0. The highest BCUT2D eigenvalue weighted by Gasteiger charge is 2.29. The van der Waals surface area contributed by atoms with Gasteiger partial charge in [-0.25, -0.2) is 13.1 Å². The van der Waals surface area contributed by atoms with E-state index < -0.39 is 10.0 Å². The number of nitrogens with one attached hydrogen (secondary N) is 1. The summed E-state index contributed by atoms with van der Waals surface area (Å²) in [6, 6.07) is 16.0. The second-order valence-electron chi connectivity index (χ2n) is 6.78. The summed E-state index contributed by atoms with van der Waals surface area (Å²) in [5.41, 5.74) is 9.54. The van der Waals surface area contributed by atoms with Crippen molar-refractivity contribution in [3.63, 3.8) is 0 Å². The highest BCUT2D eigenvalue weighted by molar-refractivity contribution is 7.89. The molecule has 6 heteroatoms. The van der Waals surface area contributed by atoms with Crippen molar-refractivity contribution >= 4 is 10.0 Å². The molecule has 0 spiro atoms. The van der Waals surface area contributed by atoms with Gasteiger partial charge in [-0.2, -0.15) is 0 Å².